The van der Waals surface area contributed by atoms with Gasteiger partial charge in [-0.15, -0.1) is 0 Å². The molecule has 1 amide bonds. The molecule has 1 aliphatic heterocycles. The van der Waals surface area contributed by atoms with E-state index in [1.54, 1.807) is 0 Å². The number of aliphatic hydroxyl groups is 1. The minimum Gasteiger partial charge on any atom is -0.489 e. The Balaban J connectivity index is 1.33. The molecule has 0 unspecified atom stereocenters. The van der Waals surface area contributed by atoms with E-state index in [0.717, 1.165) is 28.0 Å². The van der Waals surface area contributed by atoms with Crippen molar-refractivity contribution in [3.8, 4) is 5.75 Å². The van der Waals surface area contributed by atoms with Crippen molar-refractivity contribution in [2.24, 2.45) is 0 Å². The van der Waals surface area contributed by atoms with Crippen LogP contribution in [0.25, 0.3) is 0 Å². The van der Waals surface area contributed by atoms with E-state index < -0.39 is 29.7 Å². The fourth-order valence-corrected chi connectivity index (χ4v) is 4.56. The topological polar surface area (TPSA) is 123 Å². The lowest BCUT2D eigenvalue weighted by Crippen LogP contribution is -2.38. The lowest BCUT2D eigenvalue weighted by molar-refractivity contribution is -0.121. The maximum absolute atomic E-state index is 12.7. The van der Waals surface area contributed by atoms with Crippen molar-refractivity contribution in [2.45, 2.75) is 65.1 Å². The van der Waals surface area contributed by atoms with Crippen molar-refractivity contribution in [1.29, 1.82) is 0 Å². The average Bonchev–Trinajstić information content (AvgIpc) is 3.24. The molecule has 3 N–H and O–H groups in total. The summed E-state index contributed by atoms with van der Waals surface area (Å²) in [6.45, 7) is 6.29. The van der Waals surface area contributed by atoms with Crippen molar-refractivity contribution in [1.82, 2.24) is 14.9 Å². The predicted molar refractivity (Wildman–Crippen MR) is 139 cm³/mol. The first-order valence-electron chi connectivity index (χ1n) is 12.5. The Kier molecular flexibility index (Phi) is 8.25. The molecule has 2 aromatic carbocycles. The van der Waals surface area contributed by atoms with E-state index >= 15 is 0 Å². The highest BCUT2D eigenvalue weighted by Gasteiger charge is 2.35. The molecule has 4 rings (SSSR count). The summed E-state index contributed by atoms with van der Waals surface area (Å²) >= 11 is 0. The molecule has 0 bridgehead atoms. The quantitative estimate of drug-likeness (QED) is 0.409. The van der Waals surface area contributed by atoms with Gasteiger partial charge >= 0.3 is 5.69 Å². The van der Waals surface area contributed by atoms with Crippen LogP contribution in [-0.2, 0) is 29.0 Å². The summed E-state index contributed by atoms with van der Waals surface area (Å²) in [5.74, 6) is 0.554. The number of nitrogens with one attached hydrogen (secondary N) is 2. The Hall–Kier alpha value is -3.69. The number of carbonyl (C=O) groups is 1. The monoisotopic (exact) mass is 507 g/mol. The van der Waals surface area contributed by atoms with Crippen LogP contribution < -0.4 is 21.3 Å². The number of aromatic amines is 1. The molecule has 9 heteroatoms. The van der Waals surface area contributed by atoms with Crippen molar-refractivity contribution >= 4 is 5.91 Å². The number of ether oxygens (including phenoxy) is 2. The molecule has 0 saturated carbocycles. The maximum Gasteiger partial charge on any atom is 0.330 e. The SMILES string of the molecule is CCc1cn([C@H]2C[C@H](O)[C@@H](CNC(=O)Cc3c(C)cc(OCc4ccccc4)cc3C)O2)c(=O)[nH]c1=O. The summed E-state index contributed by atoms with van der Waals surface area (Å²) in [5, 5.41) is 13.3. The summed E-state index contributed by atoms with van der Waals surface area (Å²) in [6, 6.07) is 13.8. The number of aryl methyl sites for hydroxylation is 3. The summed E-state index contributed by atoms with van der Waals surface area (Å²) in [5.41, 5.74) is 3.35. The number of aliphatic hydroxyl groups excluding tert-OH is 1. The van der Waals surface area contributed by atoms with Crippen LogP contribution in [0.1, 0.15) is 47.4 Å². The zero-order valence-electron chi connectivity index (χ0n) is 21.3. The number of hydrogen-bond acceptors (Lipinski definition) is 6. The molecule has 0 radical (unpaired) electrons. The number of amides is 1. The summed E-state index contributed by atoms with van der Waals surface area (Å²) < 4.78 is 13.1. The van der Waals surface area contributed by atoms with Gasteiger partial charge in [-0.1, -0.05) is 37.3 Å². The third kappa shape index (κ3) is 6.36. The fraction of sp³-hybridized carbons (Fsp3) is 0.393. The highest BCUT2D eigenvalue weighted by atomic mass is 16.5. The Morgan fingerprint density at radius 3 is 2.57 bits per heavy atom. The average molecular weight is 508 g/mol. The van der Waals surface area contributed by atoms with Gasteiger partial charge in [-0.2, -0.15) is 0 Å². The van der Waals surface area contributed by atoms with Crippen LogP contribution in [0, 0.1) is 13.8 Å². The summed E-state index contributed by atoms with van der Waals surface area (Å²) in [4.78, 5) is 39.1. The van der Waals surface area contributed by atoms with Gasteiger partial charge in [0.1, 0.15) is 24.7 Å². The lowest BCUT2D eigenvalue weighted by atomic mass is 9.99. The van der Waals surface area contributed by atoms with E-state index in [-0.39, 0.29) is 25.3 Å². The number of benzene rings is 2. The molecule has 196 valence electrons. The zero-order chi connectivity index (χ0) is 26.5. The molecule has 1 saturated heterocycles. The van der Waals surface area contributed by atoms with Crippen LogP contribution in [0.15, 0.2) is 58.3 Å². The van der Waals surface area contributed by atoms with Gasteiger partial charge in [-0.25, -0.2) is 4.79 Å². The van der Waals surface area contributed by atoms with Crippen molar-refractivity contribution in [3.63, 3.8) is 0 Å². The molecule has 0 spiro atoms. The van der Waals surface area contributed by atoms with Crippen LogP contribution in [0.5, 0.6) is 5.75 Å². The predicted octanol–water partition coefficient (Wildman–Crippen LogP) is 2.30. The number of rotatable bonds is 9. The van der Waals surface area contributed by atoms with Crippen LogP contribution in [0.2, 0.25) is 0 Å². The molecule has 3 atom stereocenters. The molecule has 9 nitrogen and oxygen atoms in total. The van der Waals surface area contributed by atoms with Crippen LogP contribution in [0.4, 0.5) is 0 Å². The minimum atomic E-state index is -0.862. The number of carbonyl (C=O) groups excluding carboxylic acids is 1. The van der Waals surface area contributed by atoms with Gasteiger partial charge in [0.2, 0.25) is 5.91 Å². The smallest absolute Gasteiger partial charge is 0.330 e. The highest BCUT2D eigenvalue weighted by molar-refractivity contribution is 5.79. The van der Waals surface area contributed by atoms with Crippen molar-refractivity contribution < 1.29 is 19.4 Å². The molecule has 3 aromatic rings. The van der Waals surface area contributed by atoms with Crippen LogP contribution >= 0.6 is 0 Å². The molecular weight excluding hydrogens is 474 g/mol. The summed E-state index contributed by atoms with van der Waals surface area (Å²) in [6.07, 6.45) is 0.0363. The third-order valence-electron chi connectivity index (χ3n) is 6.69. The second-order valence-electron chi connectivity index (χ2n) is 9.40. The van der Waals surface area contributed by atoms with Crippen LogP contribution in [0.3, 0.4) is 0 Å². The Labute approximate surface area is 215 Å². The standard InChI is InChI=1S/C28H33N3O6/c1-4-20-15-31(28(35)30-27(20)34)26-13-23(32)24(37-26)14-29-25(33)12-22-17(2)10-21(11-18(22)3)36-16-19-8-6-5-7-9-19/h5-11,15,23-24,26,32H,4,12-14,16H2,1-3H3,(H,29,33)(H,30,34,35)/t23-,24+,26+/m0/s1. The number of hydrogen-bond donors (Lipinski definition) is 3. The van der Waals surface area contributed by atoms with Crippen molar-refractivity contribution in [2.75, 3.05) is 6.54 Å². The van der Waals surface area contributed by atoms with E-state index in [1.807, 2.05) is 63.2 Å². The highest BCUT2D eigenvalue weighted by Crippen LogP contribution is 2.27. The molecule has 2 heterocycles. The minimum absolute atomic E-state index is 0.103. The first-order chi connectivity index (χ1) is 17.7. The second-order valence-corrected chi connectivity index (χ2v) is 9.40. The van der Waals surface area contributed by atoms with Crippen molar-refractivity contribution in [3.05, 3.63) is 97.3 Å². The van der Waals surface area contributed by atoms with E-state index in [1.165, 1.54) is 10.8 Å². The lowest BCUT2D eigenvalue weighted by Gasteiger charge is -2.18. The van der Waals surface area contributed by atoms with E-state index in [9.17, 15) is 19.5 Å². The van der Waals surface area contributed by atoms with Gasteiger partial charge < -0.3 is 19.9 Å². The van der Waals surface area contributed by atoms with Gasteiger partial charge in [-0.3, -0.25) is 19.1 Å². The second kappa shape index (κ2) is 11.6. The Morgan fingerprint density at radius 2 is 1.89 bits per heavy atom. The number of nitrogens with zero attached hydrogens (tertiary/aromatic N) is 1. The van der Waals surface area contributed by atoms with Gasteiger partial charge in [0, 0.05) is 24.7 Å². The number of H-pyrrole nitrogens is 1. The van der Waals surface area contributed by atoms with Gasteiger partial charge in [0.15, 0.2) is 0 Å². The normalized spacial score (nSPS) is 19.1. The Morgan fingerprint density at radius 1 is 1.19 bits per heavy atom. The number of aromatic nitrogens is 2. The van der Waals surface area contributed by atoms with E-state index in [4.69, 9.17) is 9.47 Å². The fourth-order valence-electron chi connectivity index (χ4n) is 4.56. The van der Waals surface area contributed by atoms with Crippen LogP contribution in [-0.4, -0.2) is 39.3 Å². The van der Waals surface area contributed by atoms with Gasteiger partial charge in [0.05, 0.1) is 12.5 Å². The molecule has 1 fully saturated rings. The molecule has 1 aliphatic rings. The summed E-state index contributed by atoms with van der Waals surface area (Å²) in [7, 11) is 0. The van der Waals surface area contributed by atoms with E-state index in [0.29, 0.717) is 18.6 Å². The molecule has 37 heavy (non-hydrogen) atoms. The molecule has 0 aliphatic carbocycles. The molecular formula is C28H33N3O6. The largest absolute Gasteiger partial charge is 0.489 e. The van der Waals surface area contributed by atoms with Gasteiger partial charge in [0.25, 0.3) is 5.56 Å². The zero-order valence-corrected chi connectivity index (χ0v) is 21.3. The maximum atomic E-state index is 12.7. The molecule has 1 aromatic heterocycles. The first-order valence-corrected chi connectivity index (χ1v) is 12.5. The Bertz CT molecular complexity index is 1340. The first kappa shape index (κ1) is 26.4. The third-order valence-corrected chi connectivity index (χ3v) is 6.69. The van der Waals surface area contributed by atoms with E-state index in [2.05, 4.69) is 10.3 Å². The van der Waals surface area contributed by atoms with Gasteiger partial charge in [-0.05, 0) is 54.7 Å².